The summed E-state index contributed by atoms with van der Waals surface area (Å²) in [6, 6.07) is 7.92. The third-order valence-corrected chi connectivity index (χ3v) is 3.10. The zero-order valence-electron chi connectivity index (χ0n) is 9.58. The molecule has 0 spiro atoms. The fourth-order valence-corrected chi connectivity index (χ4v) is 1.95. The van der Waals surface area contributed by atoms with Gasteiger partial charge in [0, 0.05) is 10.2 Å². The van der Waals surface area contributed by atoms with Crippen molar-refractivity contribution in [3.8, 4) is 0 Å². The number of benzene rings is 2. The van der Waals surface area contributed by atoms with Gasteiger partial charge in [-0.05, 0) is 46.3 Å². The Kier molecular flexibility index (Phi) is 3.80. The molecule has 0 saturated carbocycles. The average molecular weight is 327 g/mol. The lowest BCUT2D eigenvalue weighted by Crippen LogP contribution is -2.15. The Bertz CT molecular complexity index is 626. The van der Waals surface area contributed by atoms with Crippen LogP contribution in [0.25, 0.3) is 0 Å². The normalized spacial score (nSPS) is 10.3. The SMILES string of the molecule is Nc1ccc(C(=O)Nc2c(F)cccc2Br)c(F)c1. The number of nitrogen functional groups attached to an aromatic ring is 1. The van der Waals surface area contributed by atoms with Crippen LogP contribution in [0.4, 0.5) is 20.2 Å². The van der Waals surface area contributed by atoms with Gasteiger partial charge in [0.1, 0.15) is 11.6 Å². The second-order valence-electron chi connectivity index (χ2n) is 3.79. The number of carbonyl (C=O) groups is 1. The number of amides is 1. The first-order chi connectivity index (χ1) is 8.99. The maximum atomic E-state index is 13.6. The van der Waals surface area contributed by atoms with E-state index in [1.165, 1.54) is 24.3 Å². The molecule has 0 heterocycles. The molecular weight excluding hydrogens is 318 g/mol. The van der Waals surface area contributed by atoms with Gasteiger partial charge >= 0.3 is 0 Å². The highest BCUT2D eigenvalue weighted by Crippen LogP contribution is 2.26. The molecule has 3 nitrogen and oxygen atoms in total. The number of nitrogens with one attached hydrogen (secondary N) is 1. The van der Waals surface area contributed by atoms with Crippen molar-refractivity contribution >= 4 is 33.2 Å². The molecule has 98 valence electrons. The molecule has 0 atom stereocenters. The summed E-state index contributed by atoms with van der Waals surface area (Å²) >= 11 is 3.11. The fourth-order valence-electron chi connectivity index (χ4n) is 1.51. The second kappa shape index (κ2) is 5.36. The molecule has 2 aromatic carbocycles. The zero-order valence-corrected chi connectivity index (χ0v) is 11.2. The van der Waals surface area contributed by atoms with Crippen molar-refractivity contribution in [1.29, 1.82) is 0 Å². The Balaban J connectivity index is 2.31. The Hall–Kier alpha value is -1.95. The number of para-hydroxylation sites is 1. The summed E-state index contributed by atoms with van der Waals surface area (Å²) in [6.45, 7) is 0. The van der Waals surface area contributed by atoms with E-state index in [9.17, 15) is 13.6 Å². The Morgan fingerprint density at radius 3 is 2.53 bits per heavy atom. The molecule has 6 heteroatoms. The van der Waals surface area contributed by atoms with Gasteiger partial charge in [-0.1, -0.05) is 6.07 Å². The molecule has 0 fully saturated rings. The number of rotatable bonds is 2. The zero-order chi connectivity index (χ0) is 14.0. The molecule has 0 aromatic heterocycles. The summed E-state index contributed by atoms with van der Waals surface area (Å²) in [5.74, 6) is -2.12. The molecule has 1 amide bonds. The van der Waals surface area contributed by atoms with Gasteiger partial charge in [-0.15, -0.1) is 0 Å². The van der Waals surface area contributed by atoms with Crippen LogP contribution in [0.5, 0.6) is 0 Å². The highest BCUT2D eigenvalue weighted by Gasteiger charge is 2.15. The van der Waals surface area contributed by atoms with Crippen LogP contribution in [-0.2, 0) is 0 Å². The molecule has 0 bridgehead atoms. The minimum atomic E-state index is -0.759. The molecule has 0 aliphatic heterocycles. The predicted molar refractivity (Wildman–Crippen MR) is 72.9 cm³/mol. The van der Waals surface area contributed by atoms with Crippen LogP contribution in [0, 0.1) is 11.6 Å². The first kappa shape index (κ1) is 13.5. The summed E-state index contributed by atoms with van der Waals surface area (Å²) in [6.07, 6.45) is 0. The van der Waals surface area contributed by atoms with Gasteiger partial charge in [-0.2, -0.15) is 0 Å². The highest BCUT2D eigenvalue weighted by molar-refractivity contribution is 9.10. The Morgan fingerprint density at radius 2 is 1.89 bits per heavy atom. The third kappa shape index (κ3) is 2.90. The summed E-state index contributed by atoms with van der Waals surface area (Å²) < 4.78 is 27.5. The first-order valence-electron chi connectivity index (χ1n) is 5.29. The van der Waals surface area contributed by atoms with E-state index >= 15 is 0 Å². The van der Waals surface area contributed by atoms with Gasteiger partial charge < -0.3 is 11.1 Å². The average Bonchev–Trinajstić information content (AvgIpc) is 2.33. The van der Waals surface area contributed by atoms with Crippen molar-refractivity contribution in [2.75, 3.05) is 11.1 Å². The van der Waals surface area contributed by atoms with Gasteiger partial charge in [0.2, 0.25) is 0 Å². The lowest BCUT2D eigenvalue weighted by atomic mass is 10.1. The highest BCUT2D eigenvalue weighted by atomic mass is 79.9. The lowest BCUT2D eigenvalue weighted by molar-refractivity contribution is 0.102. The number of nitrogens with two attached hydrogens (primary N) is 1. The van der Waals surface area contributed by atoms with E-state index in [1.807, 2.05) is 0 Å². The quantitative estimate of drug-likeness (QED) is 0.829. The molecule has 0 aliphatic carbocycles. The van der Waals surface area contributed by atoms with Gasteiger partial charge in [0.05, 0.1) is 11.3 Å². The fraction of sp³-hybridized carbons (Fsp3) is 0. The Labute approximate surface area is 116 Å². The van der Waals surface area contributed by atoms with E-state index in [4.69, 9.17) is 5.73 Å². The van der Waals surface area contributed by atoms with Crippen molar-refractivity contribution in [1.82, 2.24) is 0 Å². The second-order valence-corrected chi connectivity index (χ2v) is 4.64. The molecule has 0 unspecified atom stereocenters. The molecule has 3 N–H and O–H groups in total. The van der Waals surface area contributed by atoms with E-state index in [0.29, 0.717) is 4.47 Å². The number of hydrogen-bond acceptors (Lipinski definition) is 2. The monoisotopic (exact) mass is 326 g/mol. The molecule has 2 rings (SSSR count). The number of halogens is 3. The number of carbonyl (C=O) groups excluding carboxylic acids is 1. The lowest BCUT2D eigenvalue weighted by Gasteiger charge is -2.09. The summed E-state index contributed by atoms with van der Waals surface area (Å²) in [4.78, 5) is 11.9. The van der Waals surface area contributed by atoms with Crippen LogP contribution in [0.15, 0.2) is 40.9 Å². The van der Waals surface area contributed by atoms with E-state index < -0.39 is 17.5 Å². The molecule has 2 aromatic rings. The van der Waals surface area contributed by atoms with Crippen LogP contribution < -0.4 is 11.1 Å². The Morgan fingerprint density at radius 1 is 1.16 bits per heavy atom. The van der Waals surface area contributed by atoms with Crippen molar-refractivity contribution in [3.05, 3.63) is 58.1 Å². The molecule has 0 aliphatic rings. The van der Waals surface area contributed by atoms with E-state index in [1.54, 1.807) is 6.07 Å². The molecule has 0 radical (unpaired) electrons. The number of hydrogen-bond donors (Lipinski definition) is 2. The topological polar surface area (TPSA) is 55.1 Å². The van der Waals surface area contributed by atoms with Gasteiger partial charge in [-0.3, -0.25) is 4.79 Å². The van der Waals surface area contributed by atoms with Crippen molar-refractivity contribution < 1.29 is 13.6 Å². The van der Waals surface area contributed by atoms with Crippen LogP contribution in [-0.4, -0.2) is 5.91 Å². The van der Waals surface area contributed by atoms with Crippen molar-refractivity contribution in [2.24, 2.45) is 0 Å². The van der Waals surface area contributed by atoms with Gasteiger partial charge in [-0.25, -0.2) is 8.78 Å². The maximum Gasteiger partial charge on any atom is 0.258 e. The van der Waals surface area contributed by atoms with Crippen LogP contribution >= 0.6 is 15.9 Å². The van der Waals surface area contributed by atoms with Gasteiger partial charge in [0.25, 0.3) is 5.91 Å². The van der Waals surface area contributed by atoms with Gasteiger partial charge in [0.15, 0.2) is 0 Å². The van der Waals surface area contributed by atoms with E-state index in [-0.39, 0.29) is 16.9 Å². The summed E-state index contributed by atoms with van der Waals surface area (Å²) in [5, 5.41) is 2.31. The standard InChI is InChI=1S/C13H9BrF2N2O/c14-9-2-1-3-10(15)12(9)18-13(19)8-5-4-7(17)6-11(8)16/h1-6H,17H2,(H,18,19). The summed E-state index contributed by atoms with van der Waals surface area (Å²) in [5.41, 5.74) is 5.36. The van der Waals surface area contributed by atoms with Crippen LogP contribution in [0.1, 0.15) is 10.4 Å². The van der Waals surface area contributed by atoms with Crippen molar-refractivity contribution in [3.63, 3.8) is 0 Å². The largest absolute Gasteiger partial charge is 0.399 e. The van der Waals surface area contributed by atoms with Crippen LogP contribution in [0.3, 0.4) is 0 Å². The van der Waals surface area contributed by atoms with Crippen molar-refractivity contribution in [2.45, 2.75) is 0 Å². The van der Waals surface area contributed by atoms with E-state index in [2.05, 4.69) is 21.2 Å². The molecular formula is C13H9BrF2N2O. The first-order valence-corrected chi connectivity index (χ1v) is 6.08. The number of anilines is 2. The minimum Gasteiger partial charge on any atom is -0.399 e. The van der Waals surface area contributed by atoms with E-state index in [0.717, 1.165) is 6.07 Å². The predicted octanol–water partition coefficient (Wildman–Crippen LogP) is 3.56. The minimum absolute atomic E-state index is 0.0382. The maximum absolute atomic E-state index is 13.6. The molecule has 19 heavy (non-hydrogen) atoms. The van der Waals surface area contributed by atoms with Crippen LogP contribution in [0.2, 0.25) is 0 Å². The third-order valence-electron chi connectivity index (χ3n) is 2.44. The smallest absolute Gasteiger partial charge is 0.258 e. The summed E-state index contributed by atoms with van der Waals surface area (Å²) in [7, 11) is 0. The molecule has 0 saturated heterocycles.